The first-order chi connectivity index (χ1) is 29.6. The van der Waals surface area contributed by atoms with Gasteiger partial charge in [-0.25, -0.2) is 39.9 Å². The minimum atomic E-state index is -0.256. The molecule has 6 heterocycles. The standard InChI is InChI=1S/C22H19N7O2.C21H17N7O2/c1-13-6-5-7-14-18(13)22(30)29(15-8-3-4-9-16(15)31-2)17(27-14)10-28-12-26-19-20(23)24-11-25-21(19)28;1-12-5-4-6-13-17(12)21(30)28(14-7-2-3-8-15(14)29)16(26-13)9-27-11-25-18-19(22)23-10-24-20(18)27/h3-9,11-12H,10H2,1-2H3,(H2,23,24,25);2-8,10-11,29H,9H2,1H3,(H2,22,23,24). The molecule has 18 heteroatoms. The largest absolute Gasteiger partial charge is 0.506 e. The zero-order valence-corrected chi connectivity index (χ0v) is 33.0. The normalized spacial score (nSPS) is 11.3. The molecule has 0 saturated carbocycles. The summed E-state index contributed by atoms with van der Waals surface area (Å²) in [7, 11) is 1.58. The summed E-state index contributed by atoms with van der Waals surface area (Å²) in [5.41, 5.74) is 17.3. The van der Waals surface area contributed by atoms with Crippen molar-refractivity contribution in [3.8, 4) is 22.9 Å². The van der Waals surface area contributed by atoms with Crippen molar-refractivity contribution < 1.29 is 9.84 Å². The van der Waals surface area contributed by atoms with Crippen LogP contribution in [0.15, 0.2) is 120 Å². The highest BCUT2D eigenvalue weighted by Gasteiger charge is 2.20. The van der Waals surface area contributed by atoms with Gasteiger partial charge in [-0.15, -0.1) is 0 Å². The zero-order chi connectivity index (χ0) is 42.4. The average molecular weight is 813 g/mol. The van der Waals surface area contributed by atoms with Gasteiger partial charge in [-0.3, -0.25) is 18.7 Å². The Labute approximate surface area is 345 Å². The lowest BCUT2D eigenvalue weighted by molar-refractivity contribution is 0.412. The van der Waals surface area contributed by atoms with Crippen LogP contribution in [0.5, 0.6) is 11.5 Å². The van der Waals surface area contributed by atoms with E-state index in [2.05, 4.69) is 29.9 Å². The number of benzene rings is 4. The molecule has 0 saturated heterocycles. The molecule has 302 valence electrons. The van der Waals surface area contributed by atoms with Crippen LogP contribution in [-0.4, -0.2) is 70.4 Å². The summed E-state index contributed by atoms with van der Waals surface area (Å²) in [6, 6.07) is 25.2. The summed E-state index contributed by atoms with van der Waals surface area (Å²) in [5.74, 6) is 2.08. The molecule has 18 nitrogen and oxygen atoms in total. The van der Waals surface area contributed by atoms with Gasteiger partial charge in [0.15, 0.2) is 22.9 Å². The van der Waals surface area contributed by atoms with Gasteiger partial charge in [0.2, 0.25) is 0 Å². The molecule has 0 spiro atoms. The van der Waals surface area contributed by atoms with Crippen LogP contribution in [-0.2, 0) is 13.1 Å². The zero-order valence-electron chi connectivity index (χ0n) is 33.0. The number of hydrogen-bond donors (Lipinski definition) is 3. The maximum absolute atomic E-state index is 13.7. The summed E-state index contributed by atoms with van der Waals surface area (Å²) in [6.45, 7) is 4.22. The number of aromatic nitrogens is 12. The SMILES string of the molecule is COc1ccccc1-n1c(Cn2cnc3c(N)ncnc32)nc2cccc(C)c2c1=O.Cc1cccc2nc(Cn3cnc4c(N)ncnc43)n(-c3ccccc3O)c(=O)c12. The van der Waals surface area contributed by atoms with Gasteiger partial charge in [0.1, 0.15) is 46.8 Å². The number of para-hydroxylation sites is 4. The van der Waals surface area contributed by atoms with E-state index >= 15 is 0 Å². The van der Waals surface area contributed by atoms with Crippen LogP contribution < -0.4 is 27.3 Å². The van der Waals surface area contributed by atoms with Crippen LogP contribution in [0.3, 0.4) is 0 Å². The Balaban J connectivity index is 0.000000156. The molecule has 10 aromatic rings. The van der Waals surface area contributed by atoms with E-state index in [4.69, 9.17) is 26.2 Å². The number of nitrogen functional groups attached to an aromatic ring is 2. The quantitative estimate of drug-likeness (QED) is 0.199. The van der Waals surface area contributed by atoms with Crippen LogP contribution in [0.2, 0.25) is 0 Å². The van der Waals surface area contributed by atoms with Crippen molar-refractivity contribution in [1.29, 1.82) is 0 Å². The fourth-order valence-electron chi connectivity index (χ4n) is 7.39. The summed E-state index contributed by atoms with van der Waals surface area (Å²) in [6.07, 6.45) is 5.95. The third-order valence-corrected chi connectivity index (χ3v) is 10.3. The number of anilines is 2. The second-order valence-electron chi connectivity index (χ2n) is 14.0. The lowest BCUT2D eigenvalue weighted by atomic mass is 10.1. The Kier molecular flexibility index (Phi) is 9.55. The van der Waals surface area contributed by atoms with Gasteiger partial charge < -0.3 is 30.4 Å². The van der Waals surface area contributed by atoms with Gasteiger partial charge in [-0.2, -0.15) is 0 Å². The molecule has 61 heavy (non-hydrogen) atoms. The number of nitrogens with two attached hydrogens (primary N) is 2. The number of rotatable bonds is 7. The number of ether oxygens (including phenoxy) is 1. The predicted molar refractivity (Wildman–Crippen MR) is 230 cm³/mol. The molecule has 0 radical (unpaired) electrons. The van der Waals surface area contributed by atoms with Gasteiger partial charge >= 0.3 is 0 Å². The Morgan fingerprint density at radius 3 is 1.57 bits per heavy atom. The number of phenolic OH excluding ortho intramolecular Hbond substituents is 1. The third-order valence-electron chi connectivity index (χ3n) is 10.3. The maximum Gasteiger partial charge on any atom is 0.266 e. The van der Waals surface area contributed by atoms with E-state index in [1.54, 1.807) is 57.7 Å². The number of phenols is 1. The monoisotopic (exact) mass is 812 g/mol. The summed E-state index contributed by atoms with van der Waals surface area (Å²) >= 11 is 0. The predicted octanol–water partition coefficient (Wildman–Crippen LogP) is 4.64. The molecule has 4 aromatic carbocycles. The van der Waals surface area contributed by atoms with Crippen molar-refractivity contribution in [2.24, 2.45) is 0 Å². The molecule has 10 rings (SSSR count). The number of nitrogens with zero attached hydrogens (tertiary/aromatic N) is 12. The molecule has 0 bridgehead atoms. The Hall–Kier alpha value is -8.54. The van der Waals surface area contributed by atoms with Crippen molar-refractivity contribution in [3.63, 3.8) is 0 Å². The van der Waals surface area contributed by atoms with Gasteiger partial charge in [-0.05, 0) is 61.4 Å². The van der Waals surface area contributed by atoms with E-state index in [1.165, 1.54) is 23.3 Å². The number of fused-ring (bicyclic) bond motifs is 4. The maximum atomic E-state index is 13.7. The number of imidazole rings is 2. The second kappa shape index (κ2) is 15.3. The molecule has 0 amide bonds. The molecule has 0 aliphatic rings. The van der Waals surface area contributed by atoms with E-state index in [-0.39, 0.29) is 35.8 Å². The van der Waals surface area contributed by atoms with Crippen LogP contribution >= 0.6 is 0 Å². The average Bonchev–Trinajstić information content (AvgIpc) is 3.87. The highest BCUT2D eigenvalue weighted by molar-refractivity contribution is 5.84. The first-order valence-corrected chi connectivity index (χ1v) is 18.9. The van der Waals surface area contributed by atoms with Crippen LogP contribution in [0.4, 0.5) is 11.6 Å². The van der Waals surface area contributed by atoms with Crippen molar-refractivity contribution in [2.45, 2.75) is 26.9 Å². The van der Waals surface area contributed by atoms with Crippen molar-refractivity contribution in [2.75, 3.05) is 18.6 Å². The molecule has 0 unspecified atom stereocenters. The highest BCUT2D eigenvalue weighted by atomic mass is 16.5. The highest BCUT2D eigenvalue weighted by Crippen LogP contribution is 2.26. The van der Waals surface area contributed by atoms with E-state index in [0.717, 1.165) is 11.1 Å². The van der Waals surface area contributed by atoms with E-state index in [0.29, 0.717) is 78.7 Å². The van der Waals surface area contributed by atoms with Crippen molar-refractivity contribution in [3.05, 3.63) is 154 Å². The number of methoxy groups -OCH3 is 1. The lowest BCUT2D eigenvalue weighted by Gasteiger charge is -2.17. The summed E-state index contributed by atoms with van der Waals surface area (Å²) in [4.78, 5) is 61.9. The number of aryl methyl sites for hydroxylation is 2. The second-order valence-corrected chi connectivity index (χ2v) is 14.0. The fourth-order valence-corrected chi connectivity index (χ4v) is 7.39. The van der Waals surface area contributed by atoms with Crippen LogP contribution in [0.1, 0.15) is 22.8 Å². The van der Waals surface area contributed by atoms with Crippen LogP contribution in [0, 0.1) is 13.8 Å². The number of hydrogen-bond acceptors (Lipinski definition) is 14. The minimum Gasteiger partial charge on any atom is -0.506 e. The fraction of sp³-hybridized carbons (Fsp3) is 0.116. The molecule has 0 fully saturated rings. The van der Waals surface area contributed by atoms with Gasteiger partial charge in [0.05, 0.1) is 66.0 Å². The molecule has 0 aliphatic heterocycles. The number of aromatic hydroxyl groups is 1. The molecule has 5 N–H and O–H groups in total. The molecule has 0 atom stereocenters. The van der Waals surface area contributed by atoms with E-state index < -0.39 is 0 Å². The summed E-state index contributed by atoms with van der Waals surface area (Å²) in [5, 5.41) is 11.5. The summed E-state index contributed by atoms with van der Waals surface area (Å²) < 4.78 is 12.1. The molecular weight excluding hydrogens is 777 g/mol. The van der Waals surface area contributed by atoms with Gasteiger partial charge in [-0.1, -0.05) is 48.5 Å². The van der Waals surface area contributed by atoms with Crippen molar-refractivity contribution in [1.82, 2.24) is 58.1 Å². The van der Waals surface area contributed by atoms with Gasteiger partial charge in [0, 0.05) is 0 Å². The smallest absolute Gasteiger partial charge is 0.266 e. The Morgan fingerprint density at radius 1 is 0.590 bits per heavy atom. The molecular formula is C43H36N14O4. The van der Waals surface area contributed by atoms with Gasteiger partial charge in [0.25, 0.3) is 11.1 Å². The van der Waals surface area contributed by atoms with Crippen molar-refractivity contribution >= 4 is 55.8 Å². The van der Waals surface area contributed by atoms with E-state index in [9.17, 15) is 14.7 Å². The lowest BCUT2D eigenvalue weighted by Crippen LogP contribution is -2.26. The molecule has 0 aliphatic carbocycles. The minimum absolute atomic E-state index is 0.0161. The molecule has 6 aromatic heterocycles. The first-order valence-electron chi connectivity index (χ1n) is 18.9. The third kappa shape index (κ3) is 6.66. The van der Waals surface area contributed by atoms with E-state index in [1.807, 2.05) is 68.4 Å². The topological polar surface area (TPSA) is 238 Å². The van der Waals surface area contributed by atoms with Crippen LogP contribution in [0.25, 0.3) is 55.5 Å². The Morgan fingerprint density at radius 2 is 1.07 bits per heavy atom. The Bertz CT molecular complexity index is 3450. The first kappa shape index (κ1) is 38.0.